The fraction of sp³-hybridized carbons (Fsp3) is 0.750. The monoisotopic (exact) mass is 357 g/mol. The van der Waals surface area contributed by atoms with E-state index in [2.05, 4.69) is 11.9 Å². The standard InChI is InChI=1S/C16H27N3O6/c1-2-3-4-5-6-8-18(24)10-11-13(21)14(22)15(25-11)19-9-7-12(20)17-16(19)23/h7,9,11,13-15,21-22,24H,2-6,8,10H2,1H3,(H,17,20,23)/t11-,13-,14-,15-/m1/s1. The van der Waals surface area contributed by atoms with E-state index in [0.717, 1.165) is 47.8 Å². The number of nitrogens with one attached hydrogen (secondary N) is 1. The lowest BCUT2D eigenvalue weighted by Crippen LogP contribution is -2.39. The molecule has 0 amide bonds. The van der Waals surface area contributed by atoms with Gasteiger partial charge in [-0.25, -0.2) is 4.79 Å². The van der Waals surface area contributed by atoms with Gasteiger partial charge in [0.1, 0.15) is 18.3 Å². The van der Waals surface area contributed by atoms with Crippen LogP contribution in [-0.4, -0.2) is 61.4 Å². The average molecular weight is 357 g/mol. The Morgan fingerprint density at radius 2 is 1.92 bits per heavy atom. The number of H-pyrrole nitrogens is 1. The van der Waals surface area contributed by atoms with Crippen molar-refractivity contribution in [3.8, 4) is 0 Å². The third-order valence-corrected chi connectivity index (χ3v) is 4.37. The molecular weight excluding hydrogens is 330 g/mol. The number of aromatic nitrogens is 2. The van der Waals surface area contributed by atoms with Crippen molar-refractivity contribution in [3.05, 3.63) is 33.1 Å². The molecule has 0 aromatic carbocycles. The molecule has 1 aromatic rings. The largest absolute Gasteiger partial charge is 0.387 e. The molecule has 0 bridgehead atoms. The molecule has 1 aliphatic heterocycles. The minimum Gasteiger partial charge on any atom is -0.387 e. The lowest BCUT2D eigenvalue weighted by molar-refractivity contribution is -0.137. The second-order valence-electron chi connectivity index (χ2n) is 6.39. The smallest absolute Gasteiger partial charge is 0.330 e. The minimum atomic E-state index is -1.34. The van der Waals surface area contributed by atoms with E-state index in [1.165, 1.54) is 6.20 Å². The van der Waals surface area contributed by atoms with Gasteiger partial charge < -0.3 is 20.2 Å². The number of aliphatic hydroxyl groups is 2. The maximum absolute atomic E-state index is 11.8. The molecule has 0 radical (unpaired) electrons. The summed E-state index contributed by atoms with van der Waals surface area (Å²) in [6, 6.07) is 1.13. The van der Waals surface area contributed by atoms with Crippen LogP contribution in [0.1, 0.15) is 45.3 Å². The number of hydrogen-bond acceptors (Lipinski definition) is 7. The Kier molecular flexibility index (Phi) is 7.33. The van der Waals surface area contributed by atoms with Crippen molar-refractivity contribution in [2.75, 3.05) is 13.1 Å². The molecule has 1 saturated heterocycles. The predicted octanol–water partition coefficient (Wildman–Crippen LogP) is -0.183. The Bertz CT molecular complexity index is 645. The molecule has 0 unspecified atom stereocenters. The first-order valence-electron chi connectivity index (χ1n) is 8.71. The van der Waals surface area contributed by atoms with Gasteiger partial charge in [0.05, 0.1) is 6.54 Å². The third kappa shape index (κ3) is 5.23. The van der Waals surface area contributed by atoms with Crippen molar-refractivity contribution in [2.24, 2.45) is 0 Å². The van der Waals surface area contributed by atoms with Crippen LogP contribution in [0.3, 0.4) is 0 Å². The third-order valence-electron chi connectivity index (χ3n) is 4.37. The Balaban J connectivity index is 1.90. The highest BCUT2D eigenvalue weighted by atomic mass is 16.6. The molecule has 9 nitrogen and oxygen atoms in total. The van der Waals surface area contributed by atoms with E-state index in [0.29, 0.717) is 6.54 Å². The van der Waals surface area contributed by atoms with Crippen molar-refractivity contribution >= 4 is 0 Å². The van der Waals surface area contributed by atoms with Gasteiger partial charge in [-0.2, -0.15) is 5.06 Å². The van der Waals surface area contributed by atoms with E-state index in [1.807, 2.05) is 0 Å². The molecule has 0 spiro atoms. The molecule has 0 aliphatic carbocycles. The highest BCUT2D eigenvalue weighted by molar-refractivity contribution is 4.93. The summed E-state index contributed by atoms with van der Waals surface area (Å²) in [4.78, 5) is 25.0. The Morgan fingerprint density at radius 1 is 1.20 bits per heavy atom. The van der Waals surface area contributed by atoms with Crippen molar-refractivity contribution in [2.45, 2.75) is 63.6 Å². The van der Waals surface area contributed by atoms with E-state index in [-0.39, 0.29) is 6.54 Å². The molecule has 4 N–H and O–H groups in total. The van der Waals surface area contributed by atoms with E-state index in [9.17, 15) is 25.0 Å². The zero-order valence-corrected chi connectivity index (χ0v) is 14.4. The molecule has 1 fully saturated rings. The summed E-state index contributed by atoms with van der Waals surface area (Å²) in [5.41, 5.74) is -1.29. The fourth-order valence-corrected chi connectivity index (χ4v) is 2.93. The van der Waals surface area contributed by atoms with Gasteiger partial charge in [-0.15, -0.1) is 0 Å². The predicted molar refractivity (Wildman–Crippen MR) is 89.4 cm³/mol. The van der Waals surface area contributed by atoms with Gasteiger partial charge in [0.15, 0.2) is 6.23 Å². The number of ether oxygens (including phenoxy) is 1. The lowest BCUT2D eigenvalue weighted by Gasteiger charge is -2.21. The maximum atomic E-state index is 11.8. The summed E-state index contributed by atoms with van der Waals surface area (Å²) < 4.78 is 6.56. The van der Waals surface area contributed by atoms with Gasteiger partial charge in [0.25, 0.3) is 5.56 Å². The normalized spacial score (nSPS) is 26.4. The molecule has 9 heteroatoms. The zero-order valence-electron chi connectivity index (χ0n) is 14.4. The van der Waals surface area contributed by atoms with Crippen LogP contribution in [0.4, 0.5) is 0 Å². The summed E-state index contributed by atoms with van der Waals surface area (Å²) >= 11 is 0. The summed E-state index contributed by atoms with van der Waals surface area (Å²) in [7, 11) is 0. The molecule has 1 aliphatic rings. The summed E-state index contributed by atoms with van der Waals surface area (Å²) in [6.07, 6.45) is 1.90. The van der Waals surface area contributed by atoms with Crippen LogP contribution in [0.15, 0.2) is 21.9 Å². The molecule has 0 saturated carbocycles. The fourth-order valence-electron chi connectivity index (χ4n) is 2.93. The molecule has 2 heterocycles. The van der Waals surface area contributed by atoms with Crippen LogP contribution >= 0.6 is 0 Å². The number of aliphatic hydroxyl groups excluding tert-OH is 2. The van der Waals surface area contributed by atoms with Gasteiger partial charge in [-0.1, -0.05) is 32.6 Å². The molecule has 1 aromatic heterocycles. The van der Waals surface area contributed by atoms with Crippen LogP contribution in [0.5, 0.6) is 0 Å². The lowest BCUT2D eigenvalue weighted by atomic mass is 10.1. The van der Waals surface area contributed by atoms with Crippen molar-refractivity contribution < 1.29 is 20.2 Å². The minimum absolute atomic E-state index is 0.0145. The molecule has 142 valence electrons. The number of hydrogen-bond donors (Lipinski definition) is 4. The van der Waals surface area contributed by atoms with Gasteiger partial charge >= 0.3 is 5.69 Å². The van der Waals surface area contributed by atoms with Crippen LogP contribution in [-0.2, 0) is 4.74 Å². The SMILES string of the molecule is CCCCCCCN(O)C[C@H]1O[C@@H](n2ccc(=O)[nH]c2=O)[C@H](O)[C@@H]1O. The van der Waals surface area contributed by atoms with E-state index >= 15 is 0 Å². The van der Waals surface area contributed by atoms with Crippen LogP contribution in [0.2, 0.25) is 0 Å². The number of hydroxylamine groups is 2. The van der Waals surface area contributed by atoms with Crippen LogP contribution in [0, 0.1) is 0 Å². The van der Waals surface area contributed by atoms with Crippen molar-refractivity contribution in [1.29, 1.82) is 0 Å². The topological polar surface area (TPSA) is 128 Å². The van der Waals surface area contributed by atoms with Gasteiger partial charge in [-0.3, -0.25) is 14.3 Å². The second-order valence-corrected chi connectivity index (χ2v) is 6.39. The zero-order chi connectivity index (χ0) is 18.4. The molecule has 4 atom stereocenters. The van der Waals surface area contributed by atoms with E-state index < -0.39 is 35.8 Å². The highest BCUT2D eigenvalue weighted by Crippen LogP contribution is 2.28. The number of rotatable bonds is 9. The molecular formula is C16H27N3O6. The number of unbranched alkanes of at least 4 members (excludes halogenated alkanes) is 4. The maximum Gasteiger partial charge on any atom is 0.330 e. The molecule has 2 rings (SSSR count). The average Bonchev–Trinajstić information content (AvgIpc) is 2.83. The Morgan fingerprint density at radius 3 is 2.60 bits per heavy atom. The van der Waals surface area contributed by atoms with Crippen LogP contribution in [0.25, 0.3) is 0 Å². The molecule has 25 heavy (non-hydrogen) atoms. The Labute approximate surface area is 145 Å². The number of nitrogens with zero attached hydrogens (tertiary/aromatic N) is 2. The van der Waals surface area contributed by atoms with Gasteiger partial charge in [0.2, 0.25) is 0 Å². The van der Waals surface area contributed by atoms with Crippen molar-refractivity contribution in [1.82, 2.24) is 14.6 Å². The first-order chi connectivity index (χ1) is 11.9. The summed E-state index contributed by atoms with van der Waals surface area (Å²) in [5.74, 6) is 0. The first-order valence-corrected chi connectivity index (χ1v) is 8.71. The van der Waals surface area contributed by atoms with Crippen molar-refractivity contribution in [3.63, 3.8) is 0 Å². The first kappa shape index (κ1) is 19.8. The van der Waals surface area contributed by atoms with Gasteiger partial charge in [0, 0.05) is 18.8 Å². The second kappa shape index (κ2) is 9.25. The van der Waals surface area contributed by atoms with E-state index in [1.54, 1.807) is 0 Å². The Hall–Kier alpha value is -1.52. The summed E-state index contributed by atoms with van der Waals surface area (Å²) in [5, 5.41) is 31.3. The highest BCUT2D eigenvalue weighted by Gasteiger charge is 2.44. The number of aromatic amines is 1. The summed E-state index contributed by atoms with van der Waals surface area (Å²) in [6.45, 7) is 2.59. The van der Waals surface area contributed by atoms with Crippen LogP contribution < -0.4 is 11.2 Å². The van der Waals surface area contributed by atoms with E-state index in [4.69, 9.17) is 4.74 Å². The quantitative estimate of drug-likeness (QED) is 0.356. The van der Waals surface area contributed by atoms with Gasteiger partial charge in [-0.05, 0) is 6.42 Å².